The number of hydrogen-bond donors (Lipinski definition) is 4. The van der Waals surface area contributed by atoms with E-state index in [-0.39, 0.29) is 40.7 Å². The van der Waals surface area contributed by atoms with Crippen molar-refractivity contribution in [3.05, 3.63) is 159 Å². The average Bonchev–Trinajstić information content (AvgIpc) is 3.75. The van der Waals surface area contributed by atoms with Gasteiger partial charge in [-0.25, -0.2) is 5.84 Å². The molecule has 0 saturated heterocycles. The molecule has 1 aromatic heterocycles. The molecule has 0 bridgehead atoms. The summed E-state index contributed by atoms with van der Waals surface area (Å²) >= 11 is 5.23. The molecule has 0 atom stereocenters. The summed E-state index contributed by atoms with van der Waals surface area (Å²) in [6.07, 6.45) is 2.64. The average molecular weight is 989 g/mol. The van der Waals surface area contributed by atoms with E-state index < -0.39 is 0 Å². The van der Waals surface area contributed by atoms with Crippen LogP contribution in [0.4, 0.5) is 11.4 Å². The van der Waals surface area contributed by atoms with Gasteiger partial charge in [0.1, 0.15) is 5.82 Å². The third kappa shape index (κ3) is 18.2. The van der Waals surface area contributed by atoms with Gasteiger partial charge in [-0.3, -0.25) is 24.4 Å². The number of aromatic nitrogens is 3. The van der Waals surface area contributed by atoms with E-state index in [1.54, 1.807) is 24.3 Å². The highest BCUT2D eigenvalue weighted by molar-refractivity contribution is 6.64. The number of halogens is 1. The molecule has 0 radical (unpaired) electrons. The highest BCUT2D eigenvalue weighted by Crippen LogP contribution is 2.34. The van der Waals surface area contributed by atoms with Crippen LogP contribution in [0.25, 0.3) is 17.1 Å². The Balaban J connectivity index is 0.000000476. The number of amides is 2. The van der Waals surface area contributed by atoms with Crippen LogP contribution in [0.2, 0.25) is 0 Å². The maximum atomic E-state index is 12.1. The van der Waals surface area contributed by atoms with E-state index in [0.717, 1.165) is 59.0 Å². The highest BCUT2D eigenvalue weighted by atomic mass is 35.5. The fourth-order valence-electron chi connectivity index (χ4n) is 7.22. The molecule has 0 aliphatic rings. The lowest BCUT2D eigenvalue weighted by Gasteiger charge is -2.25. The molecular weight excluding hydrogens is 902 g/mol. The minimum Gasteiger partial charge on any atom is -0.398 e. The second kappa shape index (κ2) is 28.1. The van der Waals surface area contributed by atoms with Gasteiger partial charge in [-0.15, -0.1) is 10.2 Å². The molecule has 6 rings (SSSR count). The molecule has 5 aromatic carbocycles. The lowest BCUT2D eigenvalue weighted by molar-refractivity contribution is -0.124. The minimum absolute atomic E-state index is 0. The van der Waals surface area contributed by atoms with E-state index in [9.17, 15) is 14.4 Å². The van der Waals surface area contributed by atoms with Crippen molar-refractivity contribution in [3.8, 4) is 17.1 Å². The zero-order chi connectivity index (χ0) is 53.3. The van der Waals surface area contributed by atoms with Crippen LogP contribution in [0.1, 0.15) is 155 Å². The van der Waals surface area contributed by atoms with Crippen LogP contribution in [-0.2, 0) is 15.0 Å². The van der Waals surface area contributed by atoms with Crippen LogP contribution in [0, 0.1) is 73.1 Å². The number of rotatable bonds is 10. The molecule has 6 N–H and O–H groups in total. The zero-order valence-electron chi connectivity index (χ0n) is 45.5. The van der Waals surface area contributed by atoms with Gasteiger partial charge in [0.05, 0.1) is 5.69 Å². The van der Waals surface area contributed by atoms with Gasteiger partial charge in [0, 0.05) is 38.7 Å². The Kier molecular flexibility index (Phi) is 24.9. The molecule has 0 aliphatic heterocycles. The monoisotopic (exact) mass is 988 g/mol. The van der Waals surface area contributed by atoms with Gasteiger partial charge < -0.3 is 11.1 Å². The normalized spacial score (nSPS) is 10.8. The van der Waals surface area contributed by atoms with Crippen molar-refractivity contribution in [2.24, 2.45) is 16.7 Å². The van der Waals surface area contributed by atoms with Gasteiger partial charge in [-0.2, -0.15) is 0 Å². The number of nitrogens with two attached hydrogens (primary N) is 2. The zero-order valence-corrected chi connectivity index (χ0v) is 46.2. The number of carbonyl (C=O) groups excluding carboxylic acids is 3. The molecule has 0 saturated carbocycles. The maximum Gasteiger partial charge on any atom is 0.265 e. The quantitative estimate of drug-likeness (QED) is 0.0350. The standard InChI is InChI=1S/C22H27N3.C15H23NO.C9H13N.C7H8N2O.C6H11ClO.CH4/c1-7-22(5,6)21-24-23-20(18-11-9-8-10-12-18)25(21)19-16(3)13-15(2)14-17(19)4;1-7-15(5,6)14(17)16-13-11(3)8-10(2)9-12(13)4;1-6-4-7(2)9(10)8(3)5-6;8-9-7(10)6-4-2-1-3-5-6;1-4-6(2,3)5(7)8;/h8-14H,7H2,1-6H3;8-9H,7H2,1-6H3,(H,16,17);4-5H,10H2,1-3H3;1-5H,8H2,(H,9,10);4H2,1-3H3;1H4. The Labute approximate surface area is 432 Å². The van der Waals surface area contributed by atoms with Crippen molar-refractivity contribution < 1.29 is 14.4 Å². The summed E-state index contributed by atoms with van der Waals surface area (Å²) in [7, 11) is 0. The second-order valence-electron chi connectivity index (χ2n) is 20.2. The van der Waals surface area contributed by atoms with Gasteiger partial charge in [-0.05, 0) is 139 Å². The van der Waals surface area contributed by atoms with Crippen LogP contribution in [0.15, 0.2) is 97.1 Å². The van der Waals surface area contributed by atoms with Gasteiger partial charge >= 0.3 is 0 Å². The molecule has 386 valence electrons. The van der Waals surface area contributed by atoms with Gasteiger partial charge in [0.2, 0.25) is 11.1 Å². The SMILES string of the molecule is C.CCC(C)(C)C(=O)Cl.CCC(C)(C)C(=O)Nc1c(C)cc(C)cc1C.CCC(C)(C)c1nnc(-c2ccccc2)n1-c1c(C)cc(C)cc1C.Cc1cc(C)c(N)c(C)c1.NNC(=O)c1ccccc1. The number of anilines is 2. The topological polar surface area (TPSA) is 158 Å². The van der Waals surface area contributed by atoms with Crippen LogP contribution >= 0.6 is 11.6 Å². The van der Waals surface area contributed by atoms with Crippen molar-refractivity contribution in [2.45, 2.75) is 157 Å². The summed E-state index contributed by atoms with van der Waals surface area (Å²) < 4.78 is 2.27. The van der Waals surface area contributed by atoms with Gasteiger partial charge in [0.25, 0.3) is 5.91 Å². The minimum atomic E-state index is -0.332. The molecule has 6 aromatic rings. The summed E-state index contributed by atoms with van der Waals surface area (Å²) in [6.45, 7) is 37.1. The Morgan fingerprint density at radius 1 is 0.592 bits per heavy atom. The number of hydrogen-bond acceptors (Lipinski definition) is 7. The molecule has 10 nitrogen and oxygen atoms in total. The van der Waals surface area contributed by atoms with E-state index in [1.807, 2.05) is 98.9 Å². The van der Waals surface area contributed by atoms with Crippen molar-refractivity contribution in [3.63, 3.8) is 0 Å². The van der Waals surface area contributed by atoms with Crippen molar-refractivity contribution in [1.29, 1.82) is 0 Å². The van der Waals surface area contributed by atoms with Crippen molar-refractivity contribution >= 4 is 40.0 Å². The molecule has 1 heterocycles. The van der Waals surface area contributed by atoms with Gasteiger partial charge in [0.15, 0.2) is 5.82 Å². The first kappa shape index (κ1) is 62.9. The molecule has 2 amide bonds. The first-order chi connectivity index (χ1) is 32.6. The number of nitrogens with zero attached hydrogens (tertiary/aromatic N) is 3. The van der Waals surface area contributed by atoms with E-state index in [2.05, 4.69) is 124 Å². The van der Waals surface area contributed by atoms with Crippen LogP contribution in [0.5, 0.6) is 0 Å². The fraction of sp³-hybridized carbons (Fsp3) is 0.417. The molecule has 0 aliphatic carbocycles. The third-order valence-corrected chi connectivity index (χ3v) is 13.3. The van der Waals surface area contributed by atoms with Crippen molar-refractivity contribution in [2.75, 3.05) is 11.1 Å². The van der Waals surface area contributed by atoms with Crippen LogP contribution in [-0.4, -0.2) is 31.8 Å². The fourth-order valence-corrected chi connectivity index (χ4v) is 7.35. The summed E-state index contributed by atoms with van der Waals surface area (Å²) in [5.74, 6) is 6.66. The largest absolute Gasteiger partial charge is 0.398 e. The van der Waals surface area contributed by atoms with Crippen LogP contribution in [0.3, 0.4) is 0 Å². The lowest BCUT2D eigenvalue weighted by Crippen LogP contribution is -2.30. The first-order valence-corrected chi connectivity index (χ1v) is 24.5. The maximum absolute atomic E-state index is 12.1. The number of nitrogens with one attached hydrogen (secondary N) is 2. The van der Waals surface area contributed by atoms with E-state index in [4.69, 9.17) is 23.2 Å². The molecule has 71 heavy (non-hydrogen) atoms. The van der Waals surface area contributed by atoms with E-state index in [0.29, 0.717) is 5.56 Å². The number of nitrogen functional groups attached to an aromatic ring is 2. The Bertz CT molecular complexity index is 2600. The Hall–Kier alpha value is -6.10. The third-order valence-electron chi connectivity index (χ3n) is 12.8. The Morgan fingerprint density at radius 3 is 1.38 bits per heavy atom. The number of benzene rings is 5. The molecular formula is C60H86ClN7O3. The summed E-state index contributed by atoms with van der Waals surface area (Å²) in [6, 6.07) is 32.0. The molecule has 0 spiro atoms. The summed E-state index contributed by atoms with van der Waals surface area (Å²) in [4.78, 5) is 33.4. The molecule has 11 heteroatoms. The summed E-state index contributed by atoms with van der Waals surface area (Å²) in [5, 5.41) is 12.0. The predicted octanol–water partition coefficient (Wildman–Crippen LogP) is 14.8. The number of carbonyl (C=O) groups is 3. The van der Waals surface area contributed by atoms with E-state index >= 15 is 0 Å². The smallest absolute Gasteiger partial charge is 0.265 e. The highest BCUT2D eigenvalue weighted by Gasteiger charge is 2.30. The molecule has 0 fully saturated rings. The predicted molar refractivity (Wildman–Crippen MR) is 303 cm³/mol. The van der Waals surface area contributed by atoms with Gasteiger partial charge in [-0.1, -0.05) is 171 Å². The lowest BCUT2D eigenvalue weighted by atomic mass is 9.88. The number of hydrazine groups is 1. The first-order valence-electron chi connectivity index (χ1n) is 24.2. The second-order valence-corrected chi connectivity index (χ2v) is 20.5. The van der Waals surface area contributed by atoms with Crippen LogP contribution < -0.4 is 22.3 Å². The van der Waals surface area contributed by atoms with Crippen molar-refractivity contribution in [1.82, 2.24) is 20.2 Å². The van der Waals surface area contributed by atoms with E-state index in [1.165, 1.54) is 44.6 Å². The molecule has 0 unspecified atom stereocenters. The number of aryl methyl sites for hydroxylation is 9. The Morgan fingerprint density at radius 2 is 1.00 bits per heavy atom. The summed E-state index contributed by atoms with van der Waals surface area (Å²) in [5.41, 5.74) is 22.7.